The van der Waals surface area contributed by atoms with E-state index in [2.05, 4.69) is 5.32 Å². The molecule has 3 aromatic rings. The van der Waals surface area contributed by atoms with Crippen LogP contribution in [0.4, 0.5) is 5.69 Å². The van der Waals surface area contributed by atoms with Crippen LogP contribution in [0.5, 0.6) is 0 Å². The lowest BCUT2D eigenvalue weighted by Gasteiger charge is -2.18. The van der Waals surface area contributed by atoms with Crippen molar-refractivity contribution in [3.05, 3.63) is 76.1 Å². The second-order valence-electron chi connectivity index (χ2n) is 6.40. The van der Waals surface area contributed by atoms with Crippen LogP contribution in [0.3, 0.4) is 0 Å². The Hall–Kier alpha value is -3.41. The largest absolute Gasteiger partial charge is 0.550 e. The number of carboxylic acid groups (broad SMARTS) is 1. The summed E-state index contributed by atoms with van der Waals surface area (Å²) in [7, 11) is 0. The van der Waals surface area contributed by atoms with E-state index in [1.807, 2.05) is 13.0 Å². The molecule has 2 aromatic carbocycles. The Morgan fingerprint density at radius 1 is 1.07 bits per heavy atom. The average Bonchev–Trinajstić information content (AvgIpc) is 2.61. The van der Waals surface area contributed by atoms with Gasteiger partial charge < -0.3 is 19.6 Å². The number of carboxylic acids is 1. The Kier molecular flexibility index (Phi) is 5.35. The fourth-order valence-corrected chi connectivity index (χ4v) is 3.07. The zero-order valence-electron chi connectivity index (χ0n) is 14.7. The maximum atomic E-state index is 12.4. The number of nitrogens with one attached hydrogen (secondary N) is 1. The van der Waals surface area contributed by atoms with Crippen molar-refractivity contribution < 1.29 is 19.1 Å². The molecule has 138 valence electrons. The van der Waals surface area contributed by atoms with E-state index in [0.717, 1.165) is 16.5 Å². The van der Waals surface area contributed by atoms with Gasteiger partial charge in [-0.2, -0.15) is 0 Å². The van der Waals surface area contributed by atoms with Gasteiger partial charge in [0.2, 0.25) is 5.91 Å². The standard InChI is InChI=1S/C21H19NO5/c1-13-9-21(26)27-18-12-16(7-8-17(13)18)22-19(23)10-15(11-20(24)25)14-5-3-2-4-6-14/h2-9,12,15H,10-11H2,1H3,(H,22,23)(H,24,25)/p-1/t15-/m0/s1. The number of fused-ring (bicyclic) bond motifs is 1. The zero-order chi connectivity index (χ0) is 19.4. The quantitative estimate of drug-likeness (QED) is 0.677. The Bertz CT molecular complexity index is 1040. The third-order valence-electron chi connectivity index (χ3n) is 4.35. The molecule has 6 heteroatoms. The summed E-state index contributed by atoms with van der Waals surface area (Å²) in [5.41, 5.74) is 1.95. The van der Waals surface area contributed by atoms with Crippen LogP contribution in [0, 0.1) is 6.92 Å². The van der Waals surface area contributed by atoms with Crippen molar-refractivity contribution in [3.63, 3.8) is 0 Å². The summed E-state index contributed by atoms with van der Waals surface area (Å²) in [5, 5.41) is 14.6. The fourth-order valence-electron chi connectivity index (χ4n) is 3.07. The van der Waals surface area contributed by atoms with Crippen LogP contribution < -0.4 is 16.0 Å². The molecule has 0 saturated carbocycles. The molecule has 0 fully saturated rings. The van der Waals surface area contributed by atoms with E-state index in [-0.39, 0.29) is 18.7 Å². The van der Waals surface area contributed by atoms with E-state index in [1.165, 1.54) is 6.07 Å². The highest BCUT2D eigenvalue weighted by Crippen LogP contribution is 2.25. The number of carbonyl (C=O) groups excluding carboxylic acids is 2. The van der Waals surface area contributed by atoms with Crippen molar-refractivity contribution >= 4 is 28.5 Å². The lowest BCUT2D eigenvalue weighted by molar-refractivity contribution is -0.306. The third kappa shape index (κ3) is 4.61. The smallest absolute Gasteiger partial charge is 0.336 e. The van der Waals surface area contributed by atoms with Gasteiger partial charge in [0, 0.05) is 35.6 Å². The van der Waals surface area contributed by atoms with Crippen LogP contribution >= 0.6 is 0 Å². The molecule has 0 aliphatic heterocycles. The molecule has 0 spiro atoms. The maximum absolute atomic E-state index is 12.4. The number of hydrogen-bond acceptors (Lipinski definition) is 5. The van der Waals surface area contributed by atoms with Gasteiger partial charge in [0.05, 0.1) is 0 Å². The Morgan fingerprint density at radius 2 is 1.81 bits per heavy atom. The van der Waals surface area contributed by atoms with Crippen molar-refractivity contribution in [1.82, 2.24) is 0 Å². The summed E-state index contributed by atoms with van der Waals surface area (Å²) >= 11 is 0. The molecule has 1 amide bonds. The first-order valence-corrected chi connectivity index (χ1v) is 8.51. The first kappa shape index (κ1) is 18.4. The molecule has 1 heterocycles. The highest BCUT2D eigenvalue weighted by atomic mass is 16.4. The van der Waals surface area contributed by atoms with Crippen molar-refractivity contribution in [2.45, 2.75) is 25.7 Å². The highest BCUT2D eigenvalue weighted by molar-refractivity contribution is 5.94. The number of amides is 1. The van der Waals surface area contributed by atoms with Gasteiger partial charge in [0.25, 0.3) is 0 Å². The number of carbonyl (C=O) groups is 2. The van der Waals surface area contributed by atoms with E-state index in [1.54, 1.807) is 42.5 Å². The molecule has 0 saturated heterocycles. The minimum Gasteiger partial charge on any atom is -0.550 e. The lowest BCUT2D eigenvalue weighted by atomic mass is 9.92. The normalized spacial score (nSPS) is 11.9. The summed E-state index contributed by atoms with van der Waals surface area (Å²) in [5.74, 6) is -2.03. The van der Waals surface area contributed by atoms with Crippen LogP contribution in [0.2, 0.25) is 0 Å². The van der Waals surface area contributed by atoms with E-state index in [4.69, 9.17) is 4.42 Å². The Labute approximate surface area is 155 Å². The van der Waals surface area contributed by atoms with E-state index in [0.29, 0.717) is 11.3 Å². The second kappa shape index (κ2) is 7.86. The molecular formula is C21H18NO5-. The van der Waals surface area contributed by atoms with Crippen molar-refractivity contribution in [2.75, 3.05) is 5.32 Å². The molecule has 27 heavy (non-hydrogen) atoms. The Morgan fingerprint density at radius 3 is 2.52 bits per heavy atom. The van der Waals surface area contributed by atoms with Gasteiger partial charge in [-0.25, -0.2) is 4.79 Å². The van der Waals surface area contributed by atoms with Gasteiger partial charge in [-0.05, 0) is 42.5 Å². The molecule has 1 atom stereocenters. The van der Waals surface area contributed by atoms with Gasteiger partial charge in [-0.15, -0.1) is 0 Å². The fraction of sp³-hybridized carbons (Fsp3) is 0.190. The molecular weight excluding hydrogens is 346 g/mol. The van der Waals surface area contributed by atoms with Crippen molar-refractivity contribution in [3.8, 4) is 0 Å². The summed E-state index contributed by atoms with van der Waals surface area (Å²) < 4.78 is 5.17. The van der Waals surface area contributed by atoms with Crippen LogP contribution in [-0.4, -0.2) is 11.9 Å². The predicted octanol–water partition coefficient (Wildman–Crippen LogP) is 2.35. The number of hydrogen-bond donors (Lipinski definition) is 1. The summed E-state index contributed by atoms with van der Waals surface area (Å²) in [6.45, 7) is 1.81. The topological polar surface area (TPSA) is 99.4 Å². The van der Waals surface area contributed by atoms with Gasteiger partial charge in [0.15, 0.2) is 0 Å². The summed E-state index contributed by atoms with van der Waals surface area (Å²) in [4.78, 5) is 35.0. The first-order valence-electron chi connectivity index (χ1n) is 8.51. The van der Waals surface area contributed by atoms with Crippen molar-refractivity contribution in [2.24, 2.45) is 0 Å². The molecule has 0 bridgehead atoms. The van der Waals surface area contributed by atoms with Crippen LogP contribution in [0.15, 0.2) is 63.8 Å². The minimum atomic E-state index is -1.21. The minimum absolute atomic E-state index is 0.00615. The zero-order valence-corrected chi connectivity index (χ0v) is 14.7. The molecule has 6 nitrogen and oxygen atoms in total. The monoisotopic (exact) mass is 364 g/mol. The lowest BCUT2D eigenvalue weighted by Crippen LogP contribution is -2.26. The average molecular weight is 364 g/mol. The highest BCUT2D eigenvalue weighted by Gasteiger charge is 2.17. The number of aliphatic carboxylic acids is 1. The number of rotatable bonds is 6. The van der Waals surface area contributed by atoms with Gasteiger partial charge in [-0.1, -0.05) is 30.3 Å². The number of anilines is 1. The third-order valence-corrected chi connectivity index (χ3v) is 4.35. The molecule has 1 N–H and O–H groups in total. The predicted molar refractivity (Wildman–Crippen MR) is 99.3 cm³/mol. The van der Waals surface area contributed by atoms with Gasteiger partial charge >= 0.3 is 5.63 Å². The summed E-state index contributed by atoms with van der Waals surface area (Å²) in [6.07, 6.45) is -0.253. The van der Waals surface area contributed by atoms with E-state index >= 15 is 0 Å². The van der Waals surface area contributed by atoms with Crippen molar-refractivity contribution in [1.29, 1.82) is 0 Å². The van der Waals surface area contributed by atoms with Gasteiger partial charge in [0.1, 0.15) is 5.58 Å². The van der Waals surface area contributed by atoms with Crippen LogP contribution in [0.25, 0.3) is 11.0 Å². The maximum Gasteiger partial charge on any atom is 0.336 e. The summed E-state index contributed by atoms with van der Waals surface area (Å²) in [6, 6.07) is 15.4. The molecule has 3 rings (SSSR count). The second-order valence-corrected chi connectivity index (χ2v) is 6.40. The molecule has 1 aromatic heterocycles. The van der Waals surface area contributed by atoms with E-state index < -0.39 is 17.5 Å². The van der Waals surface area contributed by atoms with Crippen LogP contribution in [0.1, 0.15) is 29.9 Å². The molecule has 0 aliphatic rings. The Balaban J connectivity index is 1.78. The number of aryl methyl sites for hydroxylation is 1. The van der Waals surface area contributed by atoms with Crippen LogP contribution in [-0.2, 0) is 9.59 Å². The SMILES string of the molecule is Cc1cc(=O)oc2cc(NC(=O)C[C@@H](CC(=O)[O-])c3ccccc3)ccc12. The van der Waals surface area contributed by atoms with E-state index in [9.17, 15) is 19.5 Å². The molecule has 0 unspecified atom stereocenters. The van der Waals surface area contributed by atoms with Gasteiger partial charge in [-0.3, -0.25) is 4.79 Å². The first-order chi connectivity index (χ1) is 12.9. The number of benzene rings is 2. The molecule has 0 radical (unpaired) electrons. The molecule has 0 aliphatic carbocycles.